The summed E-state index contributed by atoms with van der Waals surface area (Å²) < 4.78 is 44.8. The molecule has 1 N–H and O–H groups in total. The minimum Gasteiger partial charge on any atom is -0.497 e. The second-order valence-electron chi connectivity index (χ2n) is 9.21. The van der Waals surface area contributed by atoms with Crippen molar-refractivity contribution in [1.29, 1.82) is 0 Å². The Labute approximate surface area is 223 Å². The van der Waals surface area contributed by atoms with Crippen molar-refractivity contribution in [1.82, 2.24) is 10.2 Å². The molecule has 2 aliphatic heterocycles. The third-order valence-electron chi connectivity index (χ3n) is 6.67. The molecule has 1 saturated heterocycles. The van der Waals surface area contributed by atoms with Crippen molar-refractivity contribution in [3.63, 3.8) is 0 Å². The molecule has 0 bridgehead atoms. The molecule has 0 saturated carbocycles. The molecule has 38 heavy (non-hydrogen) atoms. The zero-order valence-corrected chi connectivity index (χ0v) is 22.0. The lowest BCUT2D eigenvalue weighted by molar-refractivity contribution is -0.127. The predicted octanol–water partition coefficient (Wildman–Crippen LogP) is 2.80. The summed E-state index contributed by atoms with van der Waals surface area (Å²) in [4.78, 5) is 15.6. The molecule has 0 unspecified atom stereocenters. The van der Waals surface area contributed by atoms with Crippen LogP contribution in [0.2, 0.25) is 0 Å². The van der Waals surface area contributed by atoms with Gasteiger partial charge in [-0.05, 0) is 47.5 Å². The zero-order valence-electron chi connectivity index (χ0n) is 21.2. The number of sulfonamides is 1. The SMILES string of the molecule is COc1ccc(S(=O)(=O)N2C[C@@H](C(=O)NCc3ccc(CN4CCOCC4)cc3)Oc3ccccc32)cc1. The third kappa shape index (κ3) is 5.77. The van der Waals surface area contributed by atoms with Crippen LogP contribution in [0.4, 0.5) is 5.69 Å². The summed E-state index contributed by atoms with van der Waals surface area (Å²) in [6, 6.07) is 21.1. The molecule has 0 spiro atoms. The van der Waals surface area contributed by atoms with Gasteiger partial charge in [0.2, 0.25) is 0 Å². The van der Waals surface area contributed by atoms with Crippen molar-refractivity contribution in [2.24, 2.45) is 0 Å². The van der Waals surface area contributed by atoms with Crippen molar-refractivity contribution < 1.29 is 27.4 Å². The molecule has 200 valence electrons. The zero-order chi connectivity index (χ0) is 26.5. The van der Waals surface area contributed by atoms with E-state index in [0.717, 1.165) is 38.4 Å². The monoisotopic (exact) mass is 537 g/mol. The first-order valence-corrected chi connectivity index (χ1v) is 14.0. The van der Waals surface area contributed by atoms with Crippen LogP contribution in [0.15, 0.2) is 77.7 Å². The van der Waals surface area contributed by atoms with Gasteiger partial charge in [-0.3, -0.25) is 14.0 Å². The first kappa shape index (κ1) is 26.0. The number of anilines is 1. The number of para-hydroxylation sites is 2. The number of nitrogens with zero attached hydrogens (tertiary/aromatic N) is 2. The van der Waals surface area contributed by atoms with Crippen LogP contribution in [-0.4, -0.2) is 65.3 Å². The number of carbonyl (C=O) groups excluding carboxylic acids is 1. The van der Waals surface area contributed by atoms with Gasteiger partial charge in [0.15, 0.2) is 6.10 Å². The fraction of sp³-hybridized carbons (Fsp3) is 0.321. The highest BCUT2D eigenvalue weighted by Crippen LogP contribution is 2.37. The number of benzene rings is 3. The number of hydrogen-bond donors (Lipinski definition) is 1. The highest BCUT2D eigenvalue weighted by molar-refractivity contribution is 7.92. The Morgan fingerprint density at radius 3 is 2.37 bits per heavy atom. The molecule has 0 aliphatic carbocycles. The maximum Gasteiger partial charge on any atom is 0.264 e. The van der Waals surface area contributed by atoms with E-state index in [-0.39, 0.29) is 17.3 Å². The first-order valence-electron chi connectivity index (χ1n) is 12.5. The van der Waals surface area contributed by atoms with Crippen molar-refractivity contribution >= 4 is 21.6 Å². The molecule has 0 aromatic heterocycles. The van der Waals surface area contributed by atoms with Crippen LogP contribution in [0.3, 0.4) is 0 Å². The largest absolute Gasteiger partial charge is 0.497 e. The second kappa shape index (κ2) is 11.4. The molecule has 1 atom stereocenters. The molecule has 10 heteroatoms. The van der Waals surface area contributed by atoms with Gasteiger partial charge in [0.1, 0.15) is 11.5 Å². The van der Waals surface area contributed by atoms with Gasteiger partial charge in [0.25, 0.3) is 15.9 Å². The standard InChI is InChI=1S/C28H31N3O6S/c1-35-23-10-12-24(13-11-23)38(33,34)31-20-27(37-26-5-3-2-4-25(26)31)28(32)29-18-21-6-8-22(9-7-21)19-30-14-16-36-17-15-30/h2-13,27H,14-20H2,1H3,(H,29,32)/t27-/m0/s1. The van der Waals surface area contributed by atoms with Gasteiger partial charge in [-0.1, -0.05) is 36.4 Å². The van der Waals surface area contributed by atoms with Crippen molar-refractivity contribution in [2.75, 3.05) is 44.3 Å². The number of fused-ring (bicyclic) bond motifs is 1. The van der Waals surface area contributed by atoms with Gasteiger partial charge in [-0.2, -0.15) is 0 Å². The molecular formula is C28H31N3O6S. The van der Waals surface area contributed by atoms with E-state index >= 15 is 0 Å². The Hall–Kier alpha value is -3.60. The number of nitrogens with one attached hydrogen (secondary N) is 1. The normalized spacial score (nSPS) is 17.8. The predicted molar refractivity (Wildman–Crippen MR) is 143 cm³/mol. The van der Waals surface area contributed by atoms with E-state index in [4.69, 9.17) is 14.2 Å². The number of amides is 1. The van der Waals surface area contributed by atoms with Crippen LogP contribution >= 0.6 is 0 Å². The van der Waals surface area contributed by atoms with Crippen molar-refractivity contribution in [2.45, 2.75) is 24.1 Å². The minimum absolute atomic E-state index is 0.103. The fourth-order valence-electron chi connectivity index (χ4n) is 4.52. The minimum atomic E-state index is -3.95. The lowest BCUT2D eigenvalue weighted by Gasteiger charge is -2.34. The van der Waals surface area contributed by atoms with Crippen LogP contribution in [0, 0.1) is 0 Å². The van der Waals surface area contributed by atoms with Gasteiger partial charge in [-0.15, -0.1) is 0 Å². The van der Waals surface area contributed by atoms with Gasteiger partial charge < -0.3 is 19.5 Å². The quantitative estimate of drug-likeness (QED) is 0.472. The number of hydrogen-bond acceptors (Lipinski definition) is 7. The number of ether oxygens (including phenoxy) is 3. The average Bonchev–Trinajstić information content (AvgIpc) is 2.96. The Morgan fingerprint density at radius 1 is 0.974 bits per heavy atom. The number of carbonyl (C=O) groups is 1. The summed E-state index contributed by atoms with van der Waals surface area (Å²) >= 11 is 0. The number of methoxy groups -OCH3 is 1. The van der Waals surface area contributed by atoms with Crippen LogP contribution in [0.25, 0.3) is 0 Å². The molecular weight excluding hydrogens is 506 g/mol. The molecule has 1 amide bonds. The molecule has 5 rings (SSSR count). The number of rotatable bonds is 8. The summed E-state index contributed by atoms with van der Waals surface area (Å²) in [5, 5.41) is 2.90. The van der Waals surface area contributed by atoms with E-state index in [9.17, 15) is 13.2 Å². The molecule has 1 fully saturated rings. The average molecular weight is 538 g/mol. The van der Waals surface area contributed by atoms with Gasteiger partial charge in [0.05, 0.1) is 37.5 Å². The Morgan fingerprint density at radius 2 is 1.66 bits per heavy atom. The van der Waals surface area contributed by atoms with Crippen LogP contribution in [-0.2, 0) is 32.6 Å². The lowest BCUT2D eigenvalue weighted by Crippen LogP contribution is -2.50. The maximum absolute atomic E-state index is 13.6. The molecule has 9 nitrogen and oxygen atoms in total. The molecule has 3 aromatic carbocycles. The highest BCUT2D eigenvalue weighted by Gasteiger charge is 2.37. The van der Waals surface area contributed by atoms with Crippen LogP contribution in [0.1, 0.15) is 11.1 Å². The summed E-state index contributed by atoms with van der Waals surface area (Å²) in [6.45, 7) is 4.40. The summed E-state index contributed by atoms with van der Waals surface area (Å²) in [7, 11) is -2.43. The van der Waals surface area contributed by atoms with Crippen LogP contribution in [0.5, 0.6) is 11.5 Å². The Balaban J connectivity index is 1.26. The second-order valence-corrected chi connectivity index (χ2v) is 11.1. The summed E-state index contributed by atoms with van der Waals surface area (Å²) in [6.07, 6.45) is -1.00. The summed E-state index contributed by atoms with van der Waals surface area (Å²) in [5.41, 5.74) is 2.54. The van der Waals surface area contributed by atoms with E-state index in [1.54, 1.807) is 36.4 Å². The third-order valence-corrected chi connectivity index (χ3v) is 8.47. The smallest absolute Gasteiger partial charge is 0.264 e. The van der Waals surface area contributed by atoms with E-state index in [0.29, 0.717) is 23.7 Å². The van der Waals surface area contributed by atoms with Crippen molar-refractivity contribution in [3.05, 3.63) is 83.9 Å². The molecule has 0 radical (unpaired) electrons. The van der Waals surface area contributed by atoms with E-state index < -0.39 is 16.1 Å². The van der Waals surface area contributed by atoms with Crippen LogP contribution < -0.4 is 19.1 Å². The van der Waals surface area contributed by atoms with Gasteiger partial charge in [-0.25, -0.2) is 8.42 Å². The van der Waals surface area contributed by atoms with E-state index in [1.807, 2.05) is 12.1 Å². The van der Waals surface area contributed by atoms with Gasteiger partial charge >= 0.3 is 0 Å². The van der Waals surface area contributed by atoms with Gasteiger partial charge in [0, 0.05) is 26.2 Å². The Bertz CT molecular complexity index is 1360. The topological polar surface area (TPSA) is 97.4 Å². The summed E-state index contributed by atoms with van der Waals surface area (Å²) in [5.74, 6) is 0.507. The fourth-order valence-corrected chi connectivity index (χ4v) is 6.00. The molecule has 2 heterocycles. The lowest BCUT2D eigenvalue weighted by atomic mass is 10.1. The van der Waals surface area contributed by atoms with E-state index in [2.05, 4.69) is 22.3 Å². The number of morpholine rings is 1. The molecule has 3 aromatic rings. The van der Waals surface area contributed by atoms with Crippen molar-refractivity contribution in [3.8, 4) is 11.5 Å². The Kier molecular flexibility index (Phi) is 7.82. The van der Waals surface area contributed by atoms with E-state index in [1.165, 1.54) is 29.1 Å². The highest BCUT2D eigenvalue weighted by atomic mass is 32.2. The maximum atomic E-state index is 13.6. The first-order chi connectivity index (χ1) is 18.4. The molecule has 2 aliphatic rings.